The molecule has 2 rings (SSSR count). The van der Waals surface area contributed by atoms with Crippen LogP contribution in [0.2, 0.25) is 0 Å². The molecule has 1 heterocycles. The highest BCUT2D eigenvalue weighted by Crippen LogP contribution is 2.35. The topological polar surface area (TPSA) is 54.5 Å². The maximum atomic E-state index is 12.9. The molecule has 1 aromatic heterocycles. The summed E-state index contributed by atoms with van der Waals surface area (Å²) in [7, 11) is 0. The molecule has 18 heavy (non-hydrogen) atoms. The highest BCUT2D eigenvalue weighted by molar-refractivity contribution is 9.10. The van der Waals surface area contributed by atoms with Crippen LogP contribution in [0.4, 0.5) is 13.2 Å². The average Bonchev–Trinajstić information content (AvgIpc) is 2.76. The van der Waals surface area contributed by atoms with Crippen molar-refractivity contribution in [1.29, 1.82) is 5.26 Å². The van der Waals surface area contributed by atoms with Gasteiger partial charge in [-0.25, -0.2) is 9.67 Å². The third-order valence-electron chi connectivity index (χ3n) is 2.10. The first kappa shape index (κ1) is 12.6. The number of alkyl halides is 3. The zero-order valence-electron chi connectivity index (χ0n) is 8.61. The van der Waals surface area contributed by atoms with E-state index in [1.807, 2.05) is 0 Å². The second kappa shape index (κ2) is 4.42. The number of rotatable bonds is 1. The second-order valence-electron chi connectivity index (χ2n) is 3.28. The summed E-state index contributed by atoms with van der Waals surface area (Å²) in [6.45, 7) is 0. The lowest BCUT2D eigenvalue weighted by atomic mass is 10.2. The van der Waals surface area contributed by atoms with Gasteiger partial charge >= 0.3 is 6.18 Å². The highest BCUT2D eigenvalue weighted by atomic mass is 79.9. The first-order valence-electron chi connectivity index (χ1n) is 4.60. The first-order valence-corrected chi connectivity index (χ1v) is 5.40. The maximum Gasteiger partial charge on any atom is 0.418 e. The van der Waals surface area contributed by atoms with E-state index in [-0.39, 0.29) is 11.5 Å². The van der Waals surface area contributed by atoms with Crippen LogP contribution in [-0.2, 0) is 6.18 Å². The van der Waals surface area contributed by atoms with Crippen molar-refractivity contribution in [3.05, 3.63) is 40.4 Å². The van der Waals surface area contributed by atoms with Crippen LogP contribution in [0, 0.1) is 11.3 Å². The fraction of sp³-hybridized carbons (Fsp3) is 0.100. The Morgan fingerprint density at radius 1 is 1.33 bits per heavy atom. The van der Waals surface area contributed by atoms with Gasteiger partial charge in [0.25, 0.3) is 5.82 Å². The number of hydrogen-bond donors (Lipinski definition) is 0. The Morgan fingerprint density at radius 2 is 2.06 bits per heavy atom. The van der Waals surface area contributed by atoms with Gasteiger partial charge < -0.3 is 0 Å². The van der Waals surface area contributed by atoms with Gasteiger partial charge in [-0.1, -0.05) is 15.9 Å². The molecule has 0 bridgehead atoms. The minimum absolute atomic E-state index is 0.181. The Labute approximate surface area is 108 Å². The molecule has 0 amide bonds. The molecule has 0 atom stereocenters. The molecule has 4 nitrogen and oxygen atoms in total. The van der Waals surface area contributed by atoms with Gasteiger partial charge in [-0.2, -0.15) is 18.4 Å². The van der Waals surface area contributed by atoms with Gasteiger partial charge in [-0.05, 0) is 18.2 Å². The number of hydrogen-bond acceptors (Lipinski definition) is 3. The van der Waals surface area contributed by atoms with Gasteiger partial charge in [-0.3, -0.25) is 0 Å². The molecule has 2 aromatic rings. The number of nitriles is 1. The van der Waals surface area contributed by atoms with Crippen molar-refractivity contribution in [2.24, 2.45) is 0 Å². The predicted molar refractivity (Wildman–Crippen MR) is 58.8 cm³/mol. The smallest absolute Gasteiger partial charge is 0.219 e. The summed E-state index contributed by atoms with van der Waals surface area (Å²) in [5.74, 6) is -0.189. The Bertz CT molecular complexity index is 627. The quantitative estimate of drug-likeness (QED) is 0.812. The van der Waals surface area contributed by atoms with E-state index < -0.39 is 11.7 Å². The van der Waals surface area contributed by atoms with Gasteiger partial charge in [0.1, 0.15) is 12.4 Å². The van der Waals surface area contributed by atoms with Gasteiger partial charge in [-0.15, -0.1) is 5.10 Å². The standard InChI is InChI=1S/C10H4BrF3N4/c11-6-1-2-8(7(3-6)10(12,13)14)18-5-16-9(4-15)17-18/h1-3,5H. The summed E-state index contributed by atoms with van der Waals surface area (Å²) in [6.07, 6.45) is -3.45. The van der Waals surface area contributed by atoms with E-state index in [2.05, 4.69) is 26.0 Å². The summed E-state index contributed by atoms with van der Waals surface area (Å²) in [6, 6.07) is 5.31. The maximum absolute atomic E-state index is 12.9. The molecule has 0 fully saturated rings. The molecule has 0 saturated carbocycles. The van der Waals surface area contributed by atoms with E-state index in [1.54, 1.807) is 6.07 Å². The summed E-state index contributed by atoms with van der Waals surface area (Å²) in [4.78, 5) is 3.57. The van der Waals surface area contributed by atoms with Crippen LogP contribution in [0.5, 0.6) is 0 Å². The molecule has 0 aliphatic carbocycles. The van der Waals surface area contributed by atoms with Gasteiger partial charge in [0.2, 0.25) is 0 Å². The predicted octanol–water partition coefficient (Wildman–Crippen LogP) is 2.92. The summed E-state index contributed by atoms with van der Waals surface area (Å²) in [5, 5.41) is 12.2. The molecule has 0 spiro atoms. The third-order valence-corrected chi connectivity index (χ3v) is 2.60. The average molecular weight is 317 g/mol. The lowest BCUT2D eigenvalue weighted by molar-refractivity contribution is -0.137. The Balaban J connectivity index is 2.61. The van der Waals surface area contributed by atoms with E-state index >= 15 is 0 Å². The van der Waals surface area contributed by atoms with Crippen molar-refractivity contribution in [3.63, 3.8) is 0 Å². The van der Waals surface area contributed by atoms with E-state index in [0.717, 1.165) is 17.1 Å². The number of benzene rings is 1. The molecule has 0 aliphatic rings. The van der Waals surface area contributed by atoms with Gasteiger partial charge in [0, 0.05) is 4.47 Å². The summed E-state index contributed by atoms with van der Waals surface area (Å²) in [5.41, 5.74) is -1.04. The SMILES string of the molecule is N#Cc1ncn(-c2ccc(Br)cc2C(F)(F)F)n1. The zero-order valence-corrected chi connectivity index (χ0v) is 10.2. The lowest BCUT2D eigenvalue weighted by Crippen LogP contribution is -2.11. The van der Waals surface area contributed by atoms with E-state index in [4.69, 9.17) is 5.26 Å². The van der Waals surface area contributed by atoms with Crippen molar-refractivity contribution < 1.29 is 13.2 Å². The van der Waals surface area contributed by atoms with Crippen LogP contribution >= 0.6 is 15.9 Å². The summed E-state index contributed by atoms with van der Waals surface area (Å²) >= 11 is 2.98. The van der Waals surface area contributed by atoms with Crippen molar-refractivity contribution in [1.82, 2.24) is 14.8 Å². The lowest BCUT2D eigenvalue weighted by Gasteiger charge is -2.12. The number of nitrogens with zero attached hydrogens (tertiary/aromatic N) is 4. The van der Waals surface area contributed by atoms with Crippen molar-refractivity contribution >= 4 is 15.9 Å². The first-order chi connectivity index (χ1) is 8.41. The van der Waals surface area contributed by atoms with E-state index in [9.17, 15) is 13.2 Å². The van der Waals surface area contributed by atoms with Crippen molar-refractivity contribution in [2.75, 3.05) is 0 Å². The van der Waals surface area contributed by atoms with Crippen LogP contribution in [-0.4, -0.2) is 14.8 Å². The van der Waals surface area contributed by atoms with Crippen molar-refractivity contribution in [2.45, 2.75) is 6.18 Å². The van der Waals surface area contributed by atoms with Crippen LogP contribution in [0.1, 0.15) is 11.4 Å². The fourth-order valence-corrected chi connectivity index (χ4v) is 1.73. The molecule has 1 aromatic carbocycles. The summed E-state index contributed by atoms with van der Waals surface area (Å²) < 4.78 is 39.8. The molecule has 0 aliphatic heterocycles. The Hall–Kier alpha value is -1.88. The van der Waals surface area contributed by atoms with Crippen LogP contribution in [0.25, 0.3) is 5.69 Å². The highest BCUT2D eigenvalue weighted by Gasteiger charge is 2.34. The van der Waals surface area contributed by atoms with Gasteiger partial charge in [0.05, 0.1) is 11.3 Å². The van der Waals surface area contributed by atoms with Crippen LogP contribution in [0.3, 0.4) is 0 Å². The third kappa shape index (κ3) is 2.36. The number of aromatic nitrogens is 3. The molecule has 8 heteroatoms. The molecular weight excluding hydrogens is 313 g/mol. The molecule has 92 valence electrons. The van der Waals surface area contributed by atoms with E-state index in [0.29, 0.717) is 4.47 Å². The van der Waals surface area contributed by atoms with Gasteiger partial charge in [0.15, 0.2) is 0 Å². The molecule has 0 N–H and O–H groups in total. The minimum atomic E-state index is -4.52. The largest absolute Gasteiger partial charge is 0.418 e. The normalized spacial score (nSPS) is 11.3. The molecule has 0 radical (unpaired) electrons. The minimum Gasteiger partial charge on any atom is -0.219 e. The number of halogens is 4. The zero-order chi connectivity index (χ0) is 13.3. The van der Waals surface area contributed by atoms with Crippen molar-refractivity contribution in [3.8, 4) is 11.8 Å². The Kier molecular flexibility index (Phi) is 3.09. The molecular formula is C10H4BrF3N4. The Morgan fingerprint density at radius 3 is 2.61 bits per heavy atom. The second-order valence-corrected chi connectivity index (χ2v) is 4.20. The molecule has 0 saturated heterocycles. The fourth-order valence-electron chi connectivity index (χ4n) is 1.37. The van der Waals surface area contributed by atoms with Crippen LogP contribution < -0.4 is 0 Å². The van der Waals surface area contributed by atoms with Crippen LogP contribution in [0.15, 0.2) is 29.0 Å². The molecule has 0 unspecified atom stereocenters. The van der Waals surface area contributed by atoms with E-state index in [1.165, 1.54) is 12.1 Å². The monoisotopic (exact) mass is 316 g/mol.